The number of benzene rings is 1. The van der Waals surface area contributed by atoms with Gasteiger partial charge in [-0.2, -0.15) is 8.42 Å². The smallest absolute Gasteiger partial charge is 0.338 e. The fraction of sp³-hybridized carbons (Fsp3) is 0.0476. The molecule has 33 heavy (non-hydrogen) atoms. The number of carbonyl (C=O) groups is 1. The number of fused-ring (bicyclic) bond motifs is 2. The Hall–Kier alpha value is -4.03. The van der Waals surface area contributed by atoms with Gasteiger partial charge in [0.25, 0.3) is 15.6 Å². The maximum atomic E-state index is 13.5. The van der Waals surface area contributed by atoms with Gasteiger partial charge in [-0.15, -0.1) is 15.7 Å². The van der Waals surface area contributed by atoms with Gasteiger partial charge in [0.2, 0.25) is 0 Å². The first-order valence-corrected chi connectivity index (χ1v) is 11.8. The molecule has 0 spiro atoms. The minimum absolute atomic E-state index is 0.00269. The second kappa shape index (κ2) is 7.53. The number of nitrogens with zero attached hydrogens (tertiary/aromatic N) is 3. The summed E-state index contributed by atoms with van der Waals surface area (Å²) in [6.45, 7) is 0.119. The number of amidine groups is 1. The summed E-state index contributed by atoms with van der Waals surface area (Å²) in [4.78, 5) is 28.7. The van der Waals surface area contributed by atoms with Crippen LogP contribution in [0.2, 0.25) is 0 Å². The number of pyridine rings is 2. The van der Waals surface area contributed by atoms with E-state index in [9.17, 15) is 28.2 Å². The molecule has 1 aliphatic heterocycles. The lowest BCUT2D eigenvalue weighted by molar-refractivity contribution is 0.0693. The lowest BCUT2D eigenvalue weighted by Gasteiger charge is -2.18. The van der Waals surface area contributed by atoms with Gasteiger partial charge < -0.3 is 15.5 Å². The topological polar surface area (TPSA) is 151 Å². The summed E-state index contributed by atoms with van der Waals surface area (Å²) >= 11 is 0.848. The zero-order valence-electron chi connectivity index (χ0n) is 16.6. The Bertz CT molecular complexity index is 1640. The van der Waals surface area contributed by atoms with Gasteiger partial charge in [0.05, 0.1) is 17.5 Å². The summed E-state index contributed by atoms with van der Waals surface area (Å²) < 4.78 is 30.6. The van der Waals surface area contributed by atoms with Gasteiger partial charge in [-0.3, -0.25) is 9.36 Å². The van der Waals surface area contributed by atoms with Crippen LogP contribution < -0.4 is 10.9 Å². The van der Waals surface area contributed by atoms with Crippen LogP contribution in [0.4, 0.5) is 5.00 Å². The number of anilines is 1. The van der Waals surface area contributed by atoms with Crippen LogP contribution in [0.15, 0.2) is 68.1 Å². The molecular weight excluding hydrogens is 468 g/mol. The fourth-order valence-corrected chi connectivity index (χ4v) is 6.17. The molecule has 12 heteroatoms. The number of nitrogens with one attached hydrogen (secondary N) is 1. The Morgan fingerprint density at radius 3 is 2.64 bits per heavy atom. The molecule has 1 aliphatic rings. The molecule has 10 nitrogen and oxygen atoms in total. The quantitative estimate of drug-likeness (QED) is 0.401. The molecule has 5 rings (SSSR count). The van der Waals surface area contributed by atoms with Crippen molar-refractivity contribution in [2.24, 2.45) is 4.40 Å². The van der Waals surface area contributed by atoms with Gasteiger partial charge >= 0.3 is 5.97 Å². The normalized spacial score (nSPS) is 14.4. The standard InChI is InChI=1S/C21H14N4O6S2/c26-15-12-7-4-8-22-18(12)25(9-11-5-2-1-3-6-11)20(27)14(15)17-23-19-16(33(30,31)24-17)13(10-32-19)21(28)29/h1-8,10,26H,9H2,(H,23,24)(H,28,29). The molecule has 0 bridgehead atoms. The number of carboxylic acid groups (broad SMARTS) is 1. The van der Waals surface area contributed by atoms with Crippen molar-refractivity contribution in [3.8, 4) is 5.75 Å². The molecule has 0 saturated heterocycles. The number of sulfonamides is 1. The summed E-state index contributed by atoms with van der Waals surface area (Å²) in [5, 5.41) is 24.3. The Morgan fingerprint density at radius 1 is 1.15 bits per heavy atom. The number of aromatic hydroxyl groups is 1. The van der Waals surface area contributed by atoms with Gasteiger partial charge in [-0.1, -0.05) is 30.3 Å². The van der Waals surface area contributed by atoms with E-state index in [2.05, 4.69) is 14.7 Å². The maximum Gasteiger partial charge on any atom is 0.338 e. The van der Waals surface area contributed by atoms with Crippen LogP contribution in [0, 0.1) is 0 Å². The number of aromatic carboxylic acids is 1. The lowest BCUT2D eigenvalue weighted by atomic mass is 10.1. The number of aromatic nitrogens is 2. The number of hydrogen-bond acceptors (Lipinski definition) is 8. The lowest BCUT2D eigenvalue weighted by Crippen LogP contribution is -2.33. The molecule has 1 aromatic carbocycles. The maximum absolute atomic E-state index is 13.5. The van der Waals surface area contributed by atoms with Crippen LogP contribution in [0.5, 0.6) is 5.75 Å². The van der Waals surface area contributed by atoms with E-state index in [1.54, 1.807) is 12.1 Å². The first-order chi connectivity index (χ1) is 15.8. The first kappa shape index (κ1) is 20.8. The van der Waals surface area contributed by atoms with Crippen LogP contribution in [0.1, 0.15) is 21.5 Å². The van der Waals surface area contributed by atoms with Crippen LogP contribution >= 0.6 is 11.3 Å². The van der Waals surface area contributed by atoms with Crippen LogP contribution in [-0.2, 0) is 16.6 Å². The summed E-state index contributed by atoms with van der Waals surface area (Å²) in [5.74, 6) is -2.29. The highest BCUT2D eigenvalue weighted by molar-refractivity contribution is 7.90. The Labute approximate surface area is 190 Å². The van der Waals surface area contributed by atoms with E-state index in [0.717, 1.165) is 16.9 Å². The average Bonchev–Trinajstić information content (AvgIpc) is 3.23. The molecule has 0 aliphatic carbocycles. The molecule has 0 radical (unpaired) electrons. The van der Waals surface area contributed by atoms with Crippen molar-refractivity contribution in [2.75, 3.05) is 5.32 Å². The summed E-state index contributed by atoms with van der Waals surface area (Å²) in [6, 6.07) is 12.2. The predicted molar refractivity (Wildman–Crippen MR) is 122 cm³/mol. The van der Waals surface area contributed by atoms with Crippen molar-refractivity contribution in [3.05, 3.63) is 81.1 Å². The van der Waals surface area contributed by atoms with E-state index in [1.165, 1.54) is 16.1 Å². The fourth-order valence-electron chi connectivity index (χ4n) is 3.63. The Kier molecular flexibility index (Phi) is 4.76. The summed E-state index contributed by atoms with van der Waals surface area (Å²) in [7, 11) is -4.45. The van der Waals surface area contributed by atoms with Crippen molar-refractivity contribution in [2.45, 2.75) is 11.4 Å². The summed E-state index contributed by atoms with van der Waals surface area (Å²) in [5.41, 5.74) is -0.468. The number of hydrogen-bond donors (Lipinski definition) is 3. The van der Waals surface area contributed by atoms with Crippen LogP contribution in [-0.4, -0.2) is 40.0 Å². The minimum atomic E-state index is -4.45. The van der Waals surface area contributed by atoms with Crippen molar-refractivity contribution < 1.29 is 23.4 Å². The predicted octanol–water partition coefficient (Wildman–Crippen LogP) is 2.47. The van der Waals surface area contributed by atoms with E-state index in [-0.39, 0.29) is 28.1 Å². The molecule has 0 fully saturated rings. The van der Waals surface area contributed by atoms with Gasteiger partial charge in [0, 0.05) is 11.6 Å². The Morgan fingerprint density at radius 2 is 1.91 bits per heavy atom. The molecule has 3 N–H and O–H groups in total. The van der Waals surface area contributed by atoms with Crippen LogP contribution in [0.25, 0.3) is 11.0 Å². The van der Waals surface area contributed by atoms with E-state index in [1.807, 2.05) is 30.3 Å². The third-order valence-corrected chi connectivity index (χ3v) is 7.48. The van der Waals surface area contributed by atoms with Gasteiger partial charge in [0.15, 0.2) is 5.84 Å². The highest BCUT2D eigenvalue weighted by atomic mass is 32.2. The first-order valence-electron chi connectivity index (χ1n) is 9.49. The zero-order valence-corrected chi connectivity index (χ0v) is 18.2. The second-order valence-electron chi connectivity index (χ2n) is 7.13. The highest BCUT2D eigenvalue weighted by Gasteiger charge is 2.35. The van der Waals surface area contributed by atoms with Gasteiger partial charge in [0.1, 0.15) is 26.9 Å². The van der Waals surface area contributed by atoms with Crippen molar-refractivity contribution in [1.29, 1.82) is 0 Å². The van der Waals surface area contributed by atoms with Crippen LogP contribution in [0.3, 0.4) is 0 Å². The van der Waals surface area contributed by atoms with E-state index in [0.29, 0.717) is 0 Å². The molecule has 4 heterocycles. The molecule has 0 amide bonds. The Balaban J connectivity index is 1.75. The van der Waals surface area contributed by atoms with Gasteiger partial charge in [-0.05, 0) is 17.7 Å². The van der Waals surface area contributed by atoms with E-state index in [4.69, 9.17) is 0 Å². The zero-order chi connectivity index (χ0) is 23.3. The number of carboxylic acids is 1. The van der Waals surface area contributed by atoms with Crippen molar-refractivity contribution in [1.82, 2.24) is 9.55 Å². The molecular formula is C21H14N4O6S2. The van der Waals surface area contributed by atoms with Gasteiger partial charge in [-0.25, -0.2) is 9.78 Å². The largest absolute Gasteiger partial charge is 0.506 e. The summed E-state index contributed by atoms with van der Waals surface area (Å²) in [6.07, 6.45) is 1.48. The molecule has 3 aromatic heterocycles. The van der Waals surface area contributed by atoms with Crippen molar-refractivity contribution >= 4 is 49.2 Å². The SMILES string of the molecule is O=C(O)c1csc2c1S(=O)(=O)N=C(c1c(O)c3cccnc3n(Cc3ccccc3)c1=O)N2. The van der Waals surface area contributed by atoms with Crippen molar-refractivity contribution in [3.63, 3.8) is 0 Å². The van der Waals surface area contributed by atoms with E-state index >= 15 is 0 Å². The minimum Gasteiger partial charge on any atom is -0.506 e. The van der Waals surface area contributed by atoms with E-state index < -0.39 is 43.6 Å². The molecule has 166 valence electrons. The monoisotopic (exact) mass is 482 g/mol. The third kappa shape index (κ3) is 3.36. The molecule has 4 aromatic rings. The third-order valence-electron chi connectivity index (χ3n) is 5.09. The number of thiophene rings is 1. The molecule has 0 saturated carbocycles. The number of rotatable bonds is 4. The highest BCUT2D eigenvalue weighted by Crippen LogP contribution is 2.38. The average molecular weight is 482 g/mol. The second-order valence-corrected chi connectivity index (χ2v) is 9.55. The molecule has 0 unspecified atom stereocenters. The molecule has 0 atom stereocenters.